The van der Waals surface area contributed by atoms with Crippen molar-refractivity contribution in [1.29, 1.82) is 0 Å². The Kier molecular flexibility index (Phi) is 4.40. The zero-order chi connectivity index (χ0) is 15.7. The molecule has 0 fully saturated rings. The molecule has 0 saturated heterocycles. The molecule has 0 bridgehead atoms. The van der Waals surface area contributed by atoms with E-state index in [1.165, 1.54) is 6.07 Å². The Morgan fingerprint density at radius 1 is 1.43 bits per heavy atom. The van der Waals surface area contributed by atoms with Crippen LogP contribution < -0.4 is 5.43 Å². The third-order valence-electron chi connectivity index (χ3n) is 3.24. The van der Waals surface area contributed by atoms with Crippen molar-refractivity contribution in [2.75, 3.05) is 0 Å². The molecule has 0 atom stereocenters. The van der Waals surface area contributed by atoms with Gasteiger partial charge in [0.05, 0.1) is 21.5 Å². The van der Waals surface area contributed by atoms with Gasteiger partial charge in [0.1, 0.15) is 0 Å². The molecular weight excluding hydrogens is 313 g/mol. The zero-order valence-electron chi connectivity index (χ0n) is 11.5. The summed E-state index contributed by atoms with van der Waals surface area (Å²) in [5, 5.41) is 9.82. The van der Waals surface area contributed by atoms with Gasteiger partial charge in [-0.25, -0.2) is 4.79 Å². The van der Waals surface area contributed by atoms with Crippen LogP contribution in [0.25, 0.3) is 10.9 Å². The highest BCUT2D eigenvalue weighted by atomic mass is 35.5. The van der Waals surface area contributed by atoms with Gasteiger partial charge < -0.3 is 10.1 Å². The predicted molar refractivity (Wildman–Crippen MR) is 84.6 cm³/mol. The third kappa shape index (κ3) is 2.96. The fourth-order valence-electron chi connectivity index (χ4n) is 2.15. The lowest BCUT2D eigenvalue weighted by Gasteiger charge is -2.09. The SMILES string of the molecule is CC(Cl)=CCc1c(C)[nH]c2ccc(C(=O)O)c(Cl)c2c1=O. The third-order valence-corrected chi connectivity index (χ3v) is 3.78. The standard InChI is InChI=1S/C15H13Cl2NO3/c1-7(16)3-4-9-8(2)18-11-6-5-10(15(20)21)13(17)12(11)14(9)19/h3,5-6H,4H2,1-2H3,(H,18,19)(H,20,21). The zero-order valence-corrected chi connectivity index (χ0v) is 13.0. The van der Waals surface area contributed by atoms with E-state index in [0.717, 1.165) is 0 Å². The maximum absolute atomic E-state index is 12.6. The van der Waals surface area contributed by atoms with Crippen LogP contribution in [-0.2, 0) is 6.42 Å². The molecule has 6 heteroatoms. The average Bonchev–Trinajstić information content (AvgIpc) is 2.37. The van der Waals surface area contributed by atoms with Crippen LogP contribution in [0.2, 0.25) is 5.02 Å². The number of aromatic nitrogens is 1. The lowest BCUT2D eigenvalue weighted by atomic mass is 10.0. The summed E-state index contributed by atoms with van der Waals surface area (Å²) < 4.78 is 0. The van der Waals surface area contributed by atoms with E-state index in [4.69, 9.17) is 28.3 Å². The Morgan fingerprint density at radius 2 is 2.10 bits per heavy atom. The molecular formula is C15H13Cl2NO3. The van der Waals surface area contributed by atoms with E-state index in [0.29, 0.717) is 28.2 Å². The van der Waals surface area contributed by atoms with Crippen LogP contribution in [0, 0.1) is 6.92 Å². The highest BCUT2D eigenvalue weighted by Crippen LogP contribution is 2.25. The van der Waals surface area contributed by atoms with Gasteiger partial charge in [0.25, 0.3) is 0 Å². The summed E-state index contributed by atoms with van der Waals surface area (Å²) in [5.41, 5.74) is 1.38. The quantitative estimate of drug-likeness (QED) is 0.899. The van der Waals surface area contributed by atoms with Gasteiger partial charge in [0, 0.05) is 16.3 Å². The lowest BCUT2D eigenvalue weighted by Crippen LogP contribution is -2.14. The number of fused-ring (bicyclic) bond motifs is 1. The summed E-state index contributed by atoms with van der Waals surface area (Å²) in [4.78, 5) is 26.8. The highest BCUT2D eigenvalue weighted by molar-refractivity contribution is 6.38. The Morgan fingerprint density at radius 3 is 2.67 bits per heavy atom. The average molecular weight is 326 g/mol. The molecule has 110 valence electrons. The van der Waals surface area contributed by atoms with Crippen LogP contribution >= 0.6 is 23.2 Å². The van der Waals surface area contributed by atoms with E-state index in [2.05, 4.69) is 4.98 Å². The van der Waals surface area contributed by atoms with Crippen molar-refractivity contribution in [2.45, 2.75) is 20.3 Å². The van der Waals surface area contributed by atoms with Gasteiger partial charge in [-0.1, -0.05) is 29.3 Å². The first-order valence-electron chi connectivity index (χ1n) is 6.22. The van der Waals surface area contributed by atoms with E-state index in [9.17, 15) is 9.59 Å². The van der Waals surface area contributed by atoms with Gasteiger partial charge in [-0.2, -0.15) is 0 Å². The number of allylic oxidation sites excluding steroid dienone is 2. The summed E-state index contributed by atoms with van der Waals surface area (Å²) in [6.07, 6.45) is 2.08. The first kappa shape index (κ1) is 15.6. The number of rotatable bonds is 3. The van der Waals surface area contributed by atoms with Gasteiger partial charge in [0.2, 0.25) is 0 Å². The van der Waals surface area contributed by atoms with Crippen molar-refractivity contribution in [3.05, 3.63) is 55.3 Å². The van der Waals surface area contributed by atoms with Crippen LogP contribution in [0.5, 0.6) is 0 Å². The number of halogens is 2. The van der Waals surface area contributed by atoms with Crippen molar-refractivity contribution in [3.8, 4) is 0 Å². The number of carboxylic acid groups (broad SMARTS) is 1. The van der Waals surface area contributed by atoms with Gasteiger partial charge in [-0.15, -0.1) is 0 Å². The van der Waals surface area contributed by atoms with Crippen molar-refractivity contribution in [1.82, 2.24) is 4.98 Å². The second kappa shape index (κ2) is 5.92. The topological polar surface area (TPSA) is 70.2 Å². The monoisotopic (exact) mass is 325 g/mol. The molecule has 0 saturated carbocycles. The molecule has 1 aromatic heterocycles. The molecule has 2 N–H and O–H groups in total. The van der Waals surface area contributed by atoms with E-state index >= 15 is 0 Å². The van der Waals surface area contributed by atoms with Crippen molar-refractivity contribution in [2.24, 2.45) is 0 Å². The number of hydrogen-bond donors (Lipinski definition) is 2. The number of aryl methyl sites for hydroxylation is 1. The van der Waals surface area contributed by atoms with Gasteiger partial charge in [0.15, 0.2) is 5.43 Å². The Bertz CT molecular complexity index is 818. The molecule has 2 rings (SSSR count). The van der Waals surface area contributed by atoms with Crippen LogP contribution in [0.3, 0.4) is 0 Å². The second-order valence-electron chi connectivity index (χ2n) is 4.71. The van der Waals surface area contributed by atoms with Gasteiger partial charge in [-0.3, -0.25) is 4.79 Å². The molecule has 0 unspecified atom stereocenters. The Balaban J connectivity index is 2.79. The van der Waals surface area contributed by atoms with Crippen LogP contribution in [0.1, 0.15) is 28.5 Å². The normalized spacial score (nSPS) is 11.9. The summed E-state index contributed by atoms with van der Waals surface area (Å²) >= 11 is 11.9. The number of carboxylic acids is 1. The van der Waals surface area contributed by atoms with E-state index in [1.807, 2.05) is 0 Å². The molecule has 1 heterocycles. The Labute approximate surface area is 131 Å². The van der Waals surface area contributed by atoms with Crippen molar-refractivity contribution >= 4 is 40.1 Å². The lowest BCUT2D eigenvalue weighted by molar-refractivity contribution is 0.0697. The van der Waals surface area contributed by atoms with Gasteiger partial charge >= 0.3 is 5.97 Å². The van der Waals surface area contributed by atoms with Gasteiger partial charge in [-0.05, 0) is 32.4 Å². The number of hydrogen-bond acceptors (Lipinski definition) is 2. The van der Waals surface area contributed by atoms with E-state index in [-0.39, 0.29) is 21.4 Å². The molecule has 0 spiro atoms. The predicted octanol–water partition coefficient (Wildman–Crippen LogP) is 3.87. The number of nitrogens with one attached hydrogen (secondary N) is 1. The minimum atomic E-state index is -1.17. The first-order valence-corrected chi connectivity index (χ1v) is 6.98. The molecule has 2 aromatic rings. The van der Waals surface area contributed by atoms with Crippen molar-refractivity contribution < 1.29 is 9.90 Å². The van der Waals surface area contributed by atoms with E-state index in [1.54, 1.807) is 26.0 Å². The summed E-state index contributed by atoms with van der Waals surface area (Å²) in [7, 11) is 0. The highest BCUT2D eigenvalue weighted by Gasteiger charge is 2.17. The number of aromatic carboxylic acids is 1. The maximum atomic E-state index is 12.6. The molecule has 0 radical (unpaired) electrons. The summed E-state index contributed by atoms with van der Waals surface area (Å²) in [5.74, 6) is -1.17. The first-order chi connectivity index (χ1) is 9.82. The molecule has 0 aliphatic rings. The second-order valence-corrected chi connectivity index (χ2v) is 5.68. The smallest absolute Gasteiger partial charge is 0.337 e. The number of carbonyl (C=O) groups is 1. The Hall–Kier alpha value is -1.78. The maximum Gasteiger partial charge on any atom is 0.337 e. The number of aromatic amines is 1. The number of benzene rings is 1. The largest absolute Gasteiger partial charge is 0.478 e. The van der Waals surface area contributed by atoms with Crippen LogP contribution in [0.4, 0.5) is 0 Å². The molecule has 21 heavy (non-hydrogen) atoms. The fourth-order valence-corrected chi connectivity index (χ4v) is 2.56. The van der Waals surface area contributed by atoms with Crippen LogP contribution in [0.15, 0.2) is 28.0 Å². The molecule has 0 aliphatic carbocycles. The fraction of sp³-hybridized carbons (Fsp3) is 0.200. The van der Waals surface area contributed by atoms with Crippen molar-refractivity contribution in [3.63, 3.8) is 0 Å². The summed E-state index contributed by atoms with van der Waals surface area (Å²) in [6, 6.07) is 2.93. The molecule has 1 aromatic carbocycles. The number of H-pyrrole nitrogens is 1. The molecule has 4 nitrogen and oxygen atoms in total. The molecule has 0 amide bonds. The summed E-state index contributed by atoms with van der Waals surface area (Å²) in [6.45, 7) is 3.51. The minimum Gasteiger partial charge on any atom is -0.478 e. The van der Waals surface area contributed by atoms with E-state index < -0.39 is 5.97 Å². The number of pyridine rings is 1. The molecule has 0 aliphatic heterocycles. The van der Waals surface area contributed by atoms with Crippen LogP contribution in [-0.4, -0.2) is 16.1 Å². The minimum absolute atomic E-state index is 0.0472.